The summed E-state index contributed by atoms with van der Waals surface area (Å²) in [7, 11) is 0. The number of hydrogen-bond acceptors (Lipinski definition) is 6. The highest BCUT2D eigenvalue weighted by Crippen LogP contribution is 2.44. The first-order chi connectivity index (χ1) is 21.1. The molecular formula is C32H46F6N6O. The fourth-order valence-corrected chi connectivity index (χ4v) is 6.00. The predicted molar refractivity (Wildman–Crippen MR) is 163 cm³/mol. The molecule has 13 heteroatoms. The molecule has 2 aliphatic rings. The highest BCUT2D eigenvalue weighted by Gasteiger charge is 2.42. The van der Waals surface area contributed by atoms with Gasteiger partial charge in [-0.15, -0.1) is 0 Å². The molecule has 1 fully saturated rings. The Kier molecular flexibility index (Phi) is 12.5. The van der Waals surface area contributed by atoms with E-state index < -0.39 is 29.0 Å². The molecule has 2 aromatic rings. The monoisotopic (exact) mass is 644 g/mol. The Bertz CT molecular complexity index is 1300. The molecule has 2 aromatic heterocycles. The second-order valence-corrected chi connectivity index (χ2v) is 12.5. The molecule has 1 aliphatic carbocycles. The van der Waals surface area contributed by atoms with Gasteiger partial charge in [0.25, 0.3) is 5.56 Å². The number of nitrogens with zero attached hydrogens (tertiary/aromatic N) is 5. The molecule has 1 N–H and O–H groups in total. The summed E-state index contributed by atoms with van der Waals surface area (Å²) in [5.74, 6) is 0.841. The third-order valence-electron chi connectivity index (χ3n) is 9.16. The first-order valence-electron chi connectivity index (χ1n) is 15.8. The largest absolute Gasteiger partial charge is 0.422 e. The van der Waals surface area contributed by atoms with Crippen molar-refractivity contribution in [2.75, 3.05) is 31.1 Å². The van der Waals surface area contributed by atoms with Crippen molar-refractivity contribution in [3.8, 4) is 0 Å². The van der Waals surface area contributed by atoms with E-state index in [1.54, 1.807) is 0 Å². The van der Waals surface area contributed by atoms with Crippen molar-refractivity contribution in [1.82, 2.24) is 25.1 Å². The lowest BCUT2D eigenvalue weighted by Crippen LogP contribution is -2.46. The topological polar surface area (TPSA) is 78.0 Å². The van der Waals surface area contributed by atoms with Gasteiger partial charge in [0.15, 0.2) is 0 Å². The van der Waals surface area contributed by atoms with Crippen molar-refractivity contribution in [3.05, 3.63) is 57.4 Å². The Morgan fingerprint density at radius 1 is 0.978 bits per heavy atom. The molecule has 0 bridgehead atoms. The van der Waals surface area contributed by atoms with Gasteiger partial charge in [-0.2, -0.15) is 31.4 Å². The van der Waals surface area contributed by atoms with Crippen LogP contribution in [0.4, 0.5) is 32.3 Å². The molecule has 0 radical (unpaired) electrons. The first-order valence-corrected chi connectivity index (χ1v) is 15.8. The van der Waals surface area contributed by atoms with Crippen LogP contribution < -0.4 is 10.5 Å². The maximum atomic E-state index is 13.5. The van der Waals surface area contributed by atoms with Gasteiger partial charge in [-0.05, 0) is 42.6 Å². The van der Waals surface area contributed by atoms with E-state index in [1.165, 1.54) is 12.8 Å². The van der Waals surface area contributed by atoms with Crippen LogP contribution in [0.25, 0.3) is 0 Å². The van der Waals surface area contributed by atoms with Crippen LogP contribution in [0.2, 0.25) is 0 Å². The number of allylic oxidation sites excluding steroid dienone is 1. The Hall–Kier alpha value is -3.12. The fraction of sp³-hybridized carbons (Fsp3) is 0.688. The number of piperazine rings is 1. The molecule has 0 aromatic carbocycles. The van der Waals surface area contributed by atoms with Gasteiger partial charge < -0.3 is 9.80 Å². The normalized spacial score (nSPS) is 19.0. The number of hydrogen-bond donors (Lipinski definition) is 1. The van der Waals surface area contributed by atoms with Gasteiger partial charge in [0, 0.05) is 50.2 Å². The highest BCUT2D eigenvalue weighted by molar-refractivity contribution is 5.37. The third kappa shape index (κ3) is 9.45. The van der Waals surface area contributed by atoms with Gasteiger partial charge >= 0.3 is 12.4 Å². The number of unbranched alkanes of at least 4 members (excludes halogenated alkanes) is 1. The van der Waals surface area contributed by atoms with E-state index in [0.717, 1.165) is 37.4 Å². The van der Waals surface area contributed by atoms with Crippen LogP contribution >= 0.6 is 0 Å². The number of aromatic nitrogens is 4. The van der Waals surface area contributed by atoms with Crippen LogP contribution in [0, 0.1) is 17.8 Å². The number of alkyl halides is 6. The number of nitrogens with one attached hydrogen (secondary N) is 1. The van der Waals surface area contributed by atoms with Gasteiger partial charge in [-0.1, -0.05) is 66.9 Å². The van der Waals surface area contributed by atoms with E-state index in [1.807, 2.05) is 11.8 Å². The molecular weight excluding hydrogens is 598 g/mol. The SMILES string of the molecule is C=C(CC(C)CCC(C)C(C)C1CCc2c1n[nH]c(=O)c2C(F)(F)F)N1CCN(c2ncc(C(F)(F)F)cn2)CC1.CCCC. The summed E-state index contributed by atoms with van der Waals surface area (Å²) in [4.78, 5) is 23.7. The Labute approximate surface area is 261 Å². The summed E-state index contributed by atoms with van der Waals surface area (Å²) < 4.78 is 78.8. The second-order valence-electron chi connectivity index (χ2n) is 12.5. The van der Waals surface area contributed by atoms with Crippen LogP contribution in [0.1, 0.15) is 101 Å². The molecule has 4 atom stereocenters. The van der Waals surface area contributed by atoms with Crippen LogP contribution in [-0.2, 0) is 18.8 Å². The maximum Gasteiger partial charge on any atom is 0.422 e. The number of H-pyrrole nitrogens is 1. The number of halogens is 6. The van der Waals surface area contributed by atoms with Crippen molar-refractivity contribution in [1.29, 1.82) is 0 Å². The van der Waals surface area contributed by atoms with Gasteiger partial charge in [0.05, 0.1) is 11.3 Å². The Balaban J connectivity index is 0.00000130. The standard InChI is InChI=1S/C28H36F6N6O.C4H10/c1-16(13-18(3)39-9-11-40(12-10-39)26-35-14-20(15-36-26)27(29,30)31)5-6-17(2)19(4)21-7-8-22-23(28(32,33)34)25(41)38-37-24(21)22;1-3-4-2/h14-17,19,21H,3,5-13H2,1-2,4H3,(H,38,41);3-4H2,1-2H3. The zero-order chi connectivity index (χ0) is 33.5. The average Bonchev–Trinajstić information content (AvgIpc) is 3.42. The third-order valence-corrected chi connectivity index (χ3v) is 9.16. The minimum Gasteiger partial charge on any atom is -0.372 e. The lowest BCUT2D eigenvalue weighted by atomic mass is 9.79. The fourth-order valence-electron chi connectivity index (χ4n) is 6.00. The quantitative estimate of drug-likeness (QED) is 0.266. The lowest BCUT2D eigenvalue weighted by molar-refractivity contribution is -0.139. The lowest BCUT2D eigenvalue weighted by Gasteiger charge is -2.37. The molecule has 0 saturated carbocycles. The van der Waals surface area contributed by atoms with E-state index >= 15 is 0 Å². The number of fused-ring (bicyclic) bond motifs is 1. The molecule has 1 saturated heterocycles. The molecule has 0 amide bonds. The van der Waals surface area contributed by atoms with Crippen LogP contribution in [0.5, 0.6) is 0 Å². The van der Waals surface area contributed by atoms with Gasteiger partial charge in [-0.25, -0.2) is 15.1 Å². The molecule has 4 unspecified atom stereocenters. The molecule has 252 valence electrons. The summed E-state index contributed by atoms with van der Waals surface area (Å²) in [6.45, 7) is 17.4. The Morgan fingerprint density at radius 3 is 2.11 bits per heavy atom. The first kappa shape index (κ1) is 36.3. The van der Waals surface area contributed by atoms with Crippen molar-refractivity contribution in [2.45, 2.75) is 97.8 Å². The minimum absolute atomic E-state index is 0.0416. The molecule has 3 heterocycles. The van der Waals surface area contributed by atoms with Crippen LogP contribution in [-0.4, -0.2) is 51.2 Å². The number of anilines is 1. The average molecular weight is 645 g/mol. The summed E-state index contributed by atoms with van der Waals surface area (Å²) in [5.41, 5.74) is -1.74. The second kappa shape index (κ2) is 15.4. The zero-order valence-electron chi connectivity index (χ0n) is 26.9. The zero-order valence-corrected chi connectivity index (χ0v) is 26.9. The molecule has 0 spiro atoms. The van der Waals surface area contributed by atoms with Crippen molar-refractivity contribution in [3.63, 3.8) is 0 Å². The smallest absolute Gasteiger partial charge is 0.372 e. The van der Waals surface area contributed by atoms with E-state index in [4.69, 9.17) is 0 Å². The van der Waals surface area contributed by atoms with E-state index in [9.17, 15) is 31.1 Å². The van der Waals surface area contributed by atoms with Gasteiger partial charge in [0.1, 0.15) is 5.56 Å². The number of aromatic amines is 1. The van der Waals surface area contributed by atoms with Gasteiger partial charge in [0.2, 0.25) is 5.95 Å². The van der Waals surface area contributed by atoms with E-state index in [-0.39, 0.29) is 35.7 Å². The van der Waals surface area contributed by atoms with Crippen molar-refractivity contribution in [2.24, 2.45) is 17.8 Å². The summed E-state index contributed by atoms with van der Waals surface area (Å²) in [6, 6.07) is 0. The van der Waals surface area contributed by atoms with Crippen molar-refractivity contribution >= 4 is 5.95 Å². The maximum absolute atomic E-state index is 13.5. The van der Waals surface area contributed by atoms with E-state index in [0.29, 0.717) is 44.2 Å². The molecule has 4 rings (SSSR count). The Morgan fingerprint density at radius 2 is 1.58 bits per heavy atom. The molecule has 7 nitrogen and oxygen atoms in total. The van der Waals surface area contributed by atoms with Crippen LogP contribution in [0.3, 0.4) is 0 Å². The number of rotatable bonds is 10. The summed E-state index contributed by atoms with van der Waals surface area (Å²) in [5, 5.41) is 6.09. The minimum atomic E-state index is -4.70. The van der Waals surface area contributed by atoms with Crippen molar-refractivity contribution < 1.29 is 26.3 Å². The summed E-state index contributed by atoms with van der Waals surface area (Å²) >= 11 is 0. The van der Waals surface area contributed by atoms with E-state index in [2.05, 4.69) is 59.3 Å². The summed E-state index contributed by atoms with van der Waals surface area (Å²) in [6.07, 6.45) is -1.55. The van der Waals surface area contributed by atoms with Gasteiger partial charge in [-0.3, -0.25) is 4.79 Å². The van der Waals surface area contributed by atoms with Crippen LogP contribution in [0.15, 0.2) is 29.5 Å². The highest BCUT2D eigenvalue weighted by atomic mass is 19.4. The predicted octanol–water partition coefficient (Wildman–Crippen LogP) is 7.85. The molecule has 1 aliphatic heterocycles. The molecule has 45 heavy (non-hydrogen) atoms.